The summed E-state index contributed by atoms with van der Waals surface area (Å²) in [5.41, 5.74) is 1.59. The maximum atomic E-state index is 13.8. The fraction of sp³-hybridized carbons (Fsp3) is 0.458. The lowest BCUT2D eigenvalue weighted by Crippen LogP contribution is -2.74. The van der Waals surface area contributed by atoms with Gasteiger partial charge in [0.15, 0.2) is 0 Å². The van der Waals surface area contributed by atoms with Gasteiger partial charge in [-0.2, -0.15) is 0 Å². The summed E-state index contributed by atoms with van der Waals surface area (Å²) in [7, 11) is 1.75. The minimum atomic E-state index is -0.311. The number of ether oxygens (including phenoxy) is 1. The summed E-state index contributed by atoms with van der Waals surface area (Å²) in [6.07, 6.45) is 3.69. The van der Waals surface area contributed by atoms with Crippen LogP contribution in [0.3, 0.4) is 0 Å². The number of methoxy groups -OCH3 is 1. The Hall–Kier alpha value is -2.40. The number of carbonyl (C=O) groups excluding carboxylic acids is 1. The SMILES string of the molecule is COC1CN(c2cccc(F)c2)C12CCN(C(=O)C1(c3ccccc3)CC1)CC2. The van der Waals surface area contributed by atoms with E-state index in [-0.39, 0.29) is 28.8 Å². The average Bonchev–Trinajstić information content (AvgIpc) is 3.56. The van der Waals surface area contributed by atoms with Crippen LogP contribution in [0.4, 0.5) is 10.1 Å². The van der Waals surface area contributed by atoms with Crippen LogP contribution < -0.4 is 4.90 Å². The van der Waals surface area contributed by atoms with Crippen molar-refractivity contribution >= 4 is 11.6 Å². The molecule has 0 N–H and O–H groups in total. The second-order valence-corrected chi connectivity index (χ2v) is 8.66. The van der Waals surface area contributed by atoms with Crippen LogP contribution in [-0.2, 0) is 14.9 Å². The first-order valence-corrected chi connectivity index (χ1v) is 10.5. The summed E-state index contributed by atoms with van der Waals surface area (Å²) in [6, 6.07) is 17.0. The number of hydrogen-bond donors (Lipinski definition) is 0. The number of hydrogen-bond acceptors (Lipinski definition) is 3. The van der Waals surface area contributed by atoms with Gasteiger partial charge >= 0.3 is 0 Å². The Bertz CT molecular complexity index is 904. The van der Waals surface area contributed by atoms with E-state index in [1.807, 2.05) is 29.2 Å². The zero-order valence-electron chi connectivity index (χ0n) is 16.8. The number of likely N-dealkylation sites (tertiary alicyclic amines) is 1. The van der Waals surface area contributed by atoms with Crippen molar-refractivity contribution in [2.75, 3.05) is 31.6 Å². The normalized spacial score (nSPS) is 24.3. The van der Waals surface area contributed by atoms with Gasteiger partial charge in [0.25, 0.3) is 0 Å². The summed E-state index contributed by atoms with van der Waals surface area (Å²) in [4.78, 5) is 17.7. The van der Waals surface area contributed by atoms with Crippen LogP contribution in [-0.4, -0.2) is 49.2 Å². The van der Waals surface area contributed by atoms with Crippen molar-refractivity contribution in [3.63, 3.8) is 0 Å². The summed E-state index contributed by atoms with van der Waals surface area (Å²) in [6.45, 7) is 2.21. The van der Waals surface area contributed by atoms with Gasteiger partial charge in [-0.1, -0.05) is 36.4 Å². The van der Waals surface area contributed by atoms with Gasteiger partial charge in [0.05, 0.1) is 17.1 Å². The van der Waals surface area contributed by atoms with E-state index < -0.39 is 0 Å². The Morgan fingerprint density at radius 3 is 2.38 bits per heavy atom. The molecule has 1 saturated carbocycles. The Kier molecular flexibility index (Phi) is 4.39. The van der Waals surface area contributed by atoms with Crippen LogP contribution in [0.5, 0.6) is 0 Å². The first kappa shape index (κ1) is 18.6. The molecule has 1 spiro atoms. The topological polar surface area (TPSA) is 32.8 Å². The lowest BCUT2D eigenvalue weighted by atomic mass is 9.73. The van der Waals surface area contributed by atoms with E-state index in [4.69, 9.17) is 4.74 Å². The molecule has 2 saturated heterocycles. The van der Waals surface area contributed by atoms with Gasteiger partial charge < -0.3 is 14.5 Å². The van der Waals surface area contributed by atoms with Gasteiger partial charge in [-0.05, 0) is 49.4 Å². The van der Waals surface area contributed by atoms with Gasteiger partial charge in [-0.3, -0.25) is 4.79 Å². The van der Waals surface area contributed by atoms with Gasteiger partial charge in [0.1, 0.15) is 5.82 Å². The second-order valence-electron chi connectivity index (χ2n) is 8.66. The third kappa shape index (κ3) is 2.86. The molecule has 0 radical (unpaired) electrons. The van der Waals surface area contributed by atoms with Crippen LogP contribution >= 0.6 is 0 Å². The van der Waals surface area contributed by atoms with Crippen molar-refractivity contribution < 1.29 is 13.9 Å². The van der Waals surface area contributed by atoms with E-state index >= 15 is 0 Å². The fourth-order valence-electron chi connectivity index (χ4n) is 5.38. The largest absolute Gasteiger partial charge is 0.377 e. The van der Waals surface area contributed by atoms with Crippen LogP contribution in [0.25, 0.3) is 0 Å². The summed E-state index contributed by atoms with van der Waals surface area (Å²) < 4.78 is 19.5. The van der Waals surface area contributed by atoms with Gasteiger partial charge in [0, 0.05) is 32.4 Å². The molecule has 0 bridgehead atoms. The van der Waals surface area contributed by atoms with Crippen molar-refractivity contribution in [3.8, 4) is 0 Å². The summed E-state index contributed by atoms with van der Waals surface area (Å²) in [5, 5.41) is 0. The molecule has 2 aliphatic heterocycles. The molecule has 5 heteroatoms. The number of anilines is 1. The fourth-order valence-corrected chi connectivity index (χ4v) is 5.38. The number of nitrogens with zero attached hydrogens (tertiary/aromatic N) is 2. The molecule has 2 heterocycles. The Balaban J connectivity index is 1.33. The molecule has 5 rings (SSSR count). The molecule has 4 nitrogen and oxygen atoms in total. The Morgan fingerprint density at radius 1 is 1.03 bits per heavy atom. The second kappa shape index (κ2) is 6.84. The number of benzene rings is 2. The molecule has 3 fully saturated rings. The first-order chi connectivity index (χ1) is 14.1. The van der Waals surface area contributed by atoms with Crippen LogP contribution in [0, 0.1) is 5.82 Å². The molecule has 2 aromatic rings. The maximum Gasteiger partial charge on any atom is 0.233 e. The predicted molar refractivity (Wildman–Crippen MR) is 110 cm³/mol. The zero-order chi connectivity index (χ0) is 20.1. The van der Waals surface area contributed by atoms with Crippen LogP contribution in [0.2, 0.25) is 0 Å². The zero-order valence-corrected chi connectivity index (χ0v) is 16.8. The Morgan fingerprint density at radius 2 is 1.76 bits per heavy atom. The van der Waals surface area contributed by atoms with Crippen LogP contribution in [0.15, 0.2) is 54.6 Å². The Labute approximate surface area is 171 Å². The molecule has 29 heavy (non-hydrogen) atoms. The lowest BCUT2D eigenvalue weighted by molar-refractivity contribution is -0.137. The molecule has 152 valence electrons. The van der Waals surface area contributed by atoms with Crippen molar-refractivity contribution in [2.24, 2.45) is 0 Å². The van der Waals surface area contributed by atoms with Gasteiger partial charge in [0.2, 0.25) is 5.91 Å². The van der Waals surface area contributed by atoms with E-state index in [0.717, 1.165) is 56.6 Å². The van der Waals surface area contributed by atoms with Crippen molar-refractivity contribution in [3.05, 3.63) is 66.0 Å². The van der Waals surface area contributed by atoms with Crippen molar-refractivity contribution in [1.82, 2.24) is 4.90 Å². The minimum absolute atomic E-state index is 0.118. The third-order valence-corrected chi connectivity index (χ3v) is 7.29. The molecule has 1 unspecified atom stereocenters. The van der Waals surface area contributed by atoms with E-state index in [1.165, 1.54) is 6.07 Å². The molecule has 0 aromatic heterocycles. The summed E-state index contributed by atoms with van der Waals surface area (Å²) in [5.74, 6) is 0.0498. The summed E-state index contributed by atoms with van der Waals surface area (Å²) >= 11 is 0. The molecular formula is C24H27FN2O2. The van der Waals surface area contributed by atoms with Crippen molar-refractivity contribution in [1.29, 1.82) is 0 Å². The molecule has 1 aliphatic carbocycles. The highest BCUT2D eigenvalue weighted by Crippen LogP contribution is 2.51. The first-order valence-electron chi connectivity index (χ1n) is 10.5. The van der Waals surface area contributed by atoms with Crippen LogP contribution in [0.1, 0.15) is 31.2 Å². The van der Waals surface area contributed by atoms with Crippen molar-refractivity contribution in [2.45, 2.75) is 42.7 Å². The quantitative estimate of drug-likeness (QED) is 0.792. The van der Waals surface area contributed by atoms with E-state index in [2.05, 4.69) is 17.0 Å². The van der Waals surface area contributed by atoms with Gasteiger partial charge in [-0.25, -0.2) is 4.39 Å². The highest BCUT2D eigenvalue weighted by atomic mass is 19.1. The number of rotatable bonds is 4. The van der Waals surface area contributed by atoms with Gasteiger partial charge in [-0.15, -0.1) is 0 Å². The third-order valence-electron chi connectivity index (χ3n) is 7.29. The van der Waals surface area contributed by atoms with E-state index in [9.17, 15) is 9.18 Å². The molecule has 2 aromatic carbocycles. The lowest BCUT2D eigenvalue weighted by Gasteiger charge is -2.62. The number of amides is 1. The predicted octanol–water partition coefficient (Wildman–Crippen LogP) is 3.75. The monoisotopic (exact) mass is 394 g/mol. The molecule has 1 atom stereocenters. The average molecular weight is 394 g/mol. The van der Waals surface area contributed by atoms with E-state index in [1.54, 1.807) is 19.2 Å². The molecule has 3 aliphatic rings. The number of halogens is 1. The minimum Gasteiger partial charge on any atom is -0.377 e. The highest BCUT2D eigenvalue weighted by Gasteiger charge is 2.58. The number of piperidine rings is 1. The maximum absolute atomic E-state index is 13.8. The molecule has 1 amide bonds. The highest BCUT2D eigenvalue weighted by molar-refractivity contribution is 5.91. The number of carbonyl (C=O) groups is 1. The smallest absolute Gasteiger partial charge is 0.233 e. The van der Waals surface area contributed by atoms with E-state index in [0.29, 0.717) is 0 Å². The molecular weight excluding hydrogens is 367 g/mol. The standard InChI is InChI=1S/C24H27FN2O2/c1-29-21-17-27(20-9-5-8-19(25)16-20)24(21)12-14-26(15-13-24)22(28)23(10-11-23)18-6-3-2-4-7-18/h2-9,16,21H,10-15,17H2,1H3.